The third-order valence-corrected chi connectivity index (χ3v) is 6.61. The summed E-state index contributed by atoms with van der Waals surface area (Å²) >= 11 is 18.6. The molecular weight excluding hydrogens is 519 g/mol. The Bertz CT molecular complexity index is 1090. The molecule has 0 aliphatic carbocycles. The van der Waals surface area contributed by atoms with Crippen LogP contribution in [0.15, 0.2) is 61.2 Å². The van der Waals surface area contributed by atoms with Crippen molar-refractivity contribution >= 4 is 40.7 Å². The quantitative estimate of drug-likeness (QED) is 0.191. The van der Waals surface area contributed by atoms with E-state index in [0.29, 0.717) is 34.8 Å². The van der Waals surface area contributed by atoms with Gasteiger partial charge < -0.3 is 15.4 Å². The molecule has 9 heteroatoms. The van der Waals surface area contributed by atoms with Crippen molar-refractivity contribution in [1.29, 1.82) is 0 Å². The van der Waals surface area contributed by atoms with E-state index in [2.05, 4.69) is 10.6 Å². The second-order valence-corrected chi connectivity index (χ2v) is 10.0. The molecule has 0 saturated heterocycles. The van der Waals surface area contributed by atoms with Gasteiger partial charge in [0.1, 0.15) is 25.0 Å². The molecule has 0 radical (unpaired) electrons. The number of halogens is 3. The molecule has 1 aromatic heterocycles. The normalized spacial score (nSPS) is 12.0. The minimum absolute atomic E-state index is 0.00394. The Balaban J connectivity index is 1.56. The van der Waals surface area contributed by atoms with Gasteiger partial charge in [-0.3, -0.25) is 4.79 Å². The van der Waals surface area contributed by atoms with Crippen LogP contribution in [0.1, 0.15) is 42.9 Å². The van der Waals surface area contributed by atoms with Crippen molar-refractivity contribution in [2.75, 3.05) is 20.1 Å². The highest BCUT2D eigenvalue weighted by atomic mass is 35.5. The molecule has 1 amide bonds. The minimum atomic E-state index is -0.317. The Morgan fingerprint density at radius 2 is 1.72 bits per heavy atom. The lowest BCUT2D eigenvalue weighted by atomic mass is 10.1. The van der Waals surface area contributed by atoms with Crippen molar-refractivity contribution in [2.24, 2.45) is 0 Å². The number of unbranched alkanes of at least 4 members (excludes halogenated alkanes) is 3. The Labute approximate surface area is 228 Å². The van der Waals surface area contributed by atoms with Crippen LogP contribution in [-0.2, 0) is 29.2 Å². The Hall–Kier alpha value is -2.09. The van der Waals surface area contributed by atoms with Crippen molar-refractivity contribution in [1.82, 2.24) is 15.2 Å². The van der Waals surface area contributed by atoms with Crippen LogP contribution in [0.25, 0.3) is 0 Å². The van der Waals surface area contributed by atoms with E-state index in [1.807, 2.05) is 71.3 Å². The van der Waals surface area contributed by atoms with Gasteiger partial charge in [-0.05, 0) is 56.3 Å². The van der Waals surface area contributed by atoms with Crippen LogP contribution in [0.2, 0.25) is 15.1 Å². The highest BCUT2D eigenvalue weighted by Crippen LogP contribution is 2.30. The number of benzene rings is 2. The van der Waals surface area contributed by atoms with E-state index < -0.39 is 0 Å². The maximum absolute atomic E-state index is 12.3. The number of nitrogens with one attached hydrogen (secondary N) is 2. The fourth-order valence-electron chi connectivity index (χ4n) is 3.84. The SMILES string of the molecule is CNCCCCCCNC(=O)C[n+]1ccn(CC(OCc2ccc(Cl)cc2)c2ccc(Cl)cc2Cl)c1. The lowest BCUT2D eigenvalue weighted by Gasteiger charge is -2.18. The monoisotopic (exact) mass is 551 g/mol. The lowest BCUT2D eigenvalue weighted by Crippen LogP contribution is -2.41. The smallest absolute Gasteiger partial charge is 0.262 e. The molecule has 1 heterocycles. The van der Waals surface area contributed by atoms with Gasteiger partial charge >= 0.3 is 0 Å². The molecule has 0 spiro atoms. The summed E-state index contributed by atoms with van der Waals surface area (Å²) in [6, 6.07) is 13.0. The van der Waals surface area contributed by atoms with Gasteiger partial charge in [0.2, 0.25) is 6.33 Å². The van der Waals surface area contributed by atoms with Gasteiger partial charge in [-0.2, -0.15) is 0 Å². The molecule has 0 saturated carbocycles. The third-order valence-electron chi connectivity index (χ3n) is 5.80. The number of hydrogen-bond donors (Lipinski definition) is 2. The van der Waals surface area contributed by atoms with E-state index in [0.717, 1.165) is 30.5 Å². The predicted molar refractivity (Wildman–Crippen MR) is 145 cm³/mol. The average Bonchev–Trinajstić information content (AvgIpc) is 3.29. The number of amides is 1. The molecule has 3 aromatic rings. The molecule has 194 valence electrons. The van der Waals surface area contributed by atoms with E-state index >= 15 is 0 Å². The van der Waals surface area contributed by atoms with Crippen LogP contribution in [0, 0.1) is 0 Å². The van der Waals surface area contributed by atoms with Gasteiger partial charge in [-0.25, -0.2) is 9.13 Å². The number of hydrogen-bond acceptors (Lipinski definition) is 3. The van der Waals surface area contributed by atoms with Crippen molar-refractivity contribution in [3.63, 3.8) is 0 Å². The molecule has 0 fully saturated rings. The Kier molecular flexibility index (Phi) is 12.0. The van der Waals surface area contributed by atoms with Crippen LogP contribution < -0.4 is 15.2 Å². The second-order valence-electron chi connectivity index (χ2n) is 8.74. The summed E-state index contributed by atoms with van der Waals surface area (Å²) in [4.78, 5) is 12.3. The standard InChI is InChI=1S/C27H33Cl3N4O2/c1-31-12-4-2-3-5-13-32-27(35)18-34-15-14-33(20-34)17-26(24-11-10-23(29)16-25(24)30)36-19-21-6-8-22(28)9-7-21/h6-11,14-16,20,26,31H,2-5,12-13,17-19H2,1H3/p+1. The first-order chi connectivity index (χ1) is 17.4. The highest BCUT2D eigenvalue weighted by Gasteiger charge is 2.20. The first kappa shape index (κ1) is 28.5. The van der Waals surface area contributed by atoms with E-state index in [9.17, 15) is 4.79 Å². The average molecular weight is 553 g/mol. The van der Waals surface area contributed by atoms with Gasteiger partial charge in [0, 0.05) is 27.2 Å². The molecular formula is C27H34Cl3N4O2+. The minimum Gasteiger partial charge on any atom is -0.365 e. The van der Waals surface area contributed by atoms with E-state index in [4.69, 9.17) is 39.5 Å². The molecule has 0 aliphatic rings. The summed E-state index contributed by atoms with van der Waals surface area (Å²) in [5.74, 6) is 0.00394. The molecule has 3 rings (SSSR count). The van der Waals surface area contributed by atoms with Crippen LogP contribution in [0.5, 0.6) is 0 Å². The van der Waals surface area contributed by atoms with Crippen molar-refractivity contribution in [2.45, 2.75) is 51.5 Å². The predicted octanol–water partition coefficient (Wildman–Crippen LogP) is 5.59. The topological polar surface area (TPSA) is 59.2 Å². The third kappa shape index (κ3) is 9.75. The van der Waals surface area contributed by atoms with Crippen molar-refractivity contribution in [3.8, 4) is 0 Å². The Morgan fingerprint density at radius 3 is 2.44 bits per heavy atom. The zero-order valence-corrected chi connectivity index (χ0v) is 22.8. The molecule has 36 heavy (non-hydrogen) atoms. The van der Waals surface area contributed by atoms with Crippen LogP contribution >= 0.6 is 34.8 Å². The van der Waals surface area contributed by atoms with Crippen LogP contribution in [-0.4, -0.2) is 30.6 Å². The summed E-state index contributed by atoms with van der Waals surface area (Å²) in [5.41, 5.74) is 1.86. The highest BCUT2D eigenvalue weighted by molar-refractivity contribution is 6.35. The van der Waals surface area contributed by atoms with Gasteiger partial charge in [-0.15, -0.1) is 0 Å². The summed E-state index contributed by atoms with van der Waals surface area (Å²) in [6.45, 7) is 2.94. The largest absolute Gasteiger partial charge is 0.365 e. The fraction of sp³-hybridized carbons (Fsp3) is 0.407. The number of imidazole rings is 1. The van der Waals surface area contributed by atoms with E-state index in [1.165, 1.54) is 12.8 Å². The van der Waals surface area contributed by atoms with Gasteiger partial charge in [0.25, 0.3) is 5.91 Å². The molecule has 2 N–H and O–H groups in total. The zero-order chi connectivity index (χ0) is 25.8. The first-order valence-corrected chi connectivity index (χ1v) is 13.3. The second kappa shape index (κ2) is 15.2. The van der Waals surface area contributed by atoms with Crippen LogP contribution in [0.3, 0.4) is 0 Å². The number of nitrogens with zero attached hydrogens (tertiary/aromatic N) is 2. The van der Waals surface area contributed by atoms with Gasteiger partial charge in [-0.1, -0.05) is 65.8 Å². The van der Waals surface area contributed by atoms with Crippen LogP contribution in [0.4, 0.5) is 0 Å². The fourth-order valence-corrected chi connectivity index (χ4v) is 4.50. The van der Waals surface area contributed by atoms with Crippen molar-refractivity contribution < 1.29 is 14.1 Å². The maximum Gasteiger partial charge on any atom is 0.262 e. The van der Waals surface area contributed by atoms with Gasteiger partial charge in [0.15, 0.2) is 6.54 Å². The Morgan fingerprint density at radius 1 is 1.00 bits per heavy atom. The molecule has 1 unspecified atom stereocenters. The number of rotatable bonds is 15. The first-order valence-electron chi connectivity index (χ1n) is 12.2. The number of carbonyl (C=O) groups excluding carboxylic acids is 1. The molecule has 2 aromatic carbocycles. The summed E-state index contributed by atoms with van der Waals surface area (Å²) < 4.78 is 10.1. The lowest BCUT2D eigenvalue weighted by molar-refractivity contribution is -0.684. The summed E-state index contributed by atoms with van der Waals surface area (Å²) in [5, 5.41) is 7.96. The number of ether oxygens (including phenoxy) is 1. The summed E-state index contributed by atoms with van der Waals surface area (Å²) in [7, 11) is 1.96. The molecule has 0 bridgehead atoms. The summed E-state index contributed by atoms with van der Waals surface area (Å²) in [6.07, 6.45) is 9.86. The molecule has 0 aliphatic heterocycles. The van der Waals surface area contributed by atoms with Crippen molar-refractivity contribution in [3.05, 3.63) is 87.4 Å². The number of carbonyl (C=O) groups is 1. The van der Waals surface area contributed by atoms with E-state index in [-0.39, 0.29) is 18.6 Å². The molecule has 1 atom stereocenters. The zero-order valence-electron chi connectivity index (χ0n) is 20.6. The van der Waals surface area contributed by atoms with Gasteiger partial charge in [0.05, 0.1) is 6.61 Å². The molecule has 6 nitrogen and oxygen atoms in total. The number of aromatic nitrogens is 2. The van der Waals surface area contributed by atoms with E-state index in [1.54, 1.807) is 6.07 Å². The maximum atomic E-state index is 12.3.